The van der Waals surface area contributed by atoms with Crippen LogP contribution in [-0.2, 0) is 17.6 Å². The molecule has 106 valence electrons. The summed E-state index contributed by atoms with van der Waals surface area (Å²) in [7, 11) is 0. The molecule has 1 atom stereocenters. The van der Waals surface area contributed by atoms with Crippen molar-refractivity contribution in [2.75, 3.05) is 11.1 Å². The van der Waals surface area contributed by atoms with Crippen molar-refractivity contribution < 1.29 is 4.79 Å². The number of aryl methyl sites for hydroxylation is 1. The Morgan fingerprint density at radius 1 is 1.65 bits per heavy atom. The molecule has 0 aliphatic heterocycles. The van der Waals surface area contributed by atoms with Crippen molar-refractivity contribution in [3.05, 3.63) is 16.9 Å². The van der Waals surface area contributed by atoms with E-state index in [1.165, 1.54) is 29.4 Å². The van der Waals surface area contributed by atoms with E-state index in [1.54, 1.807) is 11.3 Å². The van der Waals surface area contributed by atoms with E-state index < -0.39 is 0 Å². The van der Waals surface area contributed by atoms with Crippen molar-refractivity contribution in [1.29, 1.82) is 0 Å². The van der Waals surface area contributed by atoms with Crippen LogP contribution in [-0.4, -0.2) is 31.8 Å². The van der Waals surface area contributed by atoms with Crippen LogP contribution in [0.4, 0.5) is 5.13 Å². The fraction of sp³-hybridized carbons (Fsp3) is 0.500. The van der Waals surface area contributed by atoms with E-state index in [9.17, 15) is 4.79 Å². The normalized spacial score (nSPS) is 17.8. The van der Waals surface area contributed by atoms with Gasteiger partial charge in [0.05, 0.1) is 11.4 Å². The van der Waals surface area contributed by atoms with Gasteiger partial charge >= 0.3 is 0 Å². The molecule has 0 bridgehead atoms. The van der Waals surface area contributed by atoms with Crippen molar-refractivity contribution in [1.82, 2.24) is 20.2 Å². The first-order valence-electron chi connectivity index (χ1n) is 6.47. The molecular formula is C12H15N5OS2. The highest BCUT2D eigenvalue weighted by molar-refractivity contribution is 7.99. The molecule has 3 rings (SSSR count). The lowest BCUT2D eigenvalue weighted by atomic mass is 9.93. The molecule has 0 unspecified atom stereocenters. The molecule has 0 saturated heterocycles. The molecular weight excluding hydrogens is 294 g/mol. The second-order valence-corrected chi connectivity index (χ2v) is 6.91. The molecule has 2 aromatic heterocycles. The third-order valence-electron chi connectivity index (χ3n) is 3.17. The number of hydrogen-bond donors (Lipinski definition) is 2. The Bertz CT molecular complexity index is 595. The largest absolute Gasteiger partial charge is 0.301 e. The third-order valence-corrected chi connectivity index (χ3v) is 5.08. The minimum Gasteiger partial charge on any atom is -0.301 e. The van der Waals surface area contributed by atoms with Crippen LogP contribution in [0.2, 0.25) is 0 Å². The van der Waals surface area contributed by atoms with Gasteiger partial charge in [0.2, 0.25) is 5.91 Å². The average molecular weight is 309 g/mol. The van der Waals surface area contributed by atoms with E-state index in [1.807, 2.05) is 0 Å². The van der Waals surface area contributed by atoms with E-state index >= 15 is 0 Å². The minimum absolute atomic E-state index is 0.0643. The van der Waals surface area contributed by atoms with Crippen LogP contribution >= 0.6 is 23.1 Å². The summed E-state index contributed by atoms with van der Waals surface area (Å²) in [5.41, 5.74) is 1.16. The first kappa shape index (κ1) is 13.6. The predicted octanol–water partition coefficient (Wildman–Crippen LogP) is 2.12. The van der Waals surface area contributed by atoms with E-state index in [4.69, 9.17) is 0 Å². The van der Waals surface area contributed by atoms with E-state index in [-0.39, 0.29) is 5.91 Å². The van der Waals surface area contributed by atoms with Gasteiger partial charge in [-0.25, -0.2) is 9.97 Å². The van der Waals surface area contributed by atoms with Gasteiger partial charge in [0, 0.05) is 4.88 Å². The molecule has 1 aliphatic rings. The Kier molecular flexibility index (Phi) is 4.02. The first-order valence-corrected chi connectivity index (χ1v) is 8.27. The second kappa shape index (κ2) is 5.92. The molecule has 2 heterocycles. The molecule has 0 fully saturated rings. The SMILES string of the molecule is C[C@@H]1CCc2nc(NC(=O)CSc3ncn[nH]3)sc2C1. The Balaban J connectivity index is 1.56. The van der Waals surface area contributed by atoms with Gasteiger partial charge in [-0.15, -0.1) is 11.3 Å². The number of thiazole rings is 1. The van der Waals surface area contributed by atoms with E-state index in [0.29, 0.717) is 22.0 Å². The summed E-state index contributed by atoms with van der Waals surface area (Å²) >= 11 is 2.93. The standard InChI is InChI=1S/C12H15N5OS2/c1-7-2-3-8-9(4-7)20-12(15-8)16-10(18)5-19-11-13-6-14-17-11/h6-7H,2-5H2,1H3,(H,13,14,17)(H,15,16,18)/t7-/m1/s1. The lowest BCUT2D eigenvalue weighted by Crippen LogP contribution is -2.14. The topological polar surface area (TPSA) is 83.6 Å². The van der Waals surface area contributed by atoms with Gasteiger partial charge in [-0.3, -0.25) is 9.89 Å². The fourth-order valence-corrected chi connectivity index (χ4v) is 3.91. The van der Waals surface area contributed by atoms with Gasteiger partial charge in [-0.2, -0.15) is 5.10 Å². The predicted molar refractivity (Wildman–Crippen MR) is 79.0 cm³/mol. The highest BCUT2D eigenvalue weighted by Gasteiger charge is 2.20. The molecule has 6 nitrogen and oxygen atoms in total. The number of amides is 1. The Labute approximate surface area is 124 Å². The van der Waals surface area contributed by atoms with Crippen LogP contribution in [0.1, 0.15) is 23.9 Å². The number of H-pyrrole nitrogens is 1. The molecule has 0 aromatic carbocycles. The number of hydrogen-bond acceptors (Lipinski definition) is 6. The molecule has 20 heavy (non-hydrogen) atoms. The molecule has 1 aliphatic carbocycles. The zero-order valence-electron chi connectivity index (χ0n) is 11.0. The van der Waals surface area contributed by atoms with Crippen molar-refractivity contribution in [3.63, 3.8) is 0 Å². The van der Waals surface area contributed by atoms with Gasteiger partial charge < -0.3 is 5.32 Å². The smallest absolute Gasteiger partial charge is 0.236 e. The summed E-state index contributed by atoms with van der Waals surface area (Å²) in [5, 5.41) is 10.7. The molecule has 0 spiro atoms. The van der Waals surface area contributed by atoms with Crippen LogP contribution < -0.4 is 5.32 Å². The van der Waals surface area contributed by atoms with Gasteiger partial charge in [0.1, 0.15) is 6.33 Å². The number of fused-ring (bicyclic) bond motifs is 1. The Morgan fingerprint density at radius 3 is 3.35 bits per heavy atom. The number of rotatable bonds is 4. The molecule has 2 N–H and O–H groups in total. The van der Waals surface area contributed by atoms with Crippen molar-refractivity contribution in [2.24, 2.45) is 5.92 Å². The van der Waals surface area contributed by atoms with Crippen LogP contribution in [0.15, 0.2) is 11.5 Å². The van der Waals surface area contributed by atoms with Gasteiger partial charge in [0.15, 0.2) is 10.3 Å². The average Bonchev–Trinajstić information content (AvgIpc) is 3.04. The highest BCUT2D eigenvalue weighted by atomic mass is 32.2. The van der Waals surface area contributed by atoms with E-state index in [2.05, 4.69) is 32.4 Å². The lowest BCUT2D eigenvalue weighted by molar-refractivity contribution is -0.113. The van der Waals surface area contributed by atoms with Crippen molar-refractivity contribution in [2.45, 2.75) is 31.3 Å². The Hall–Kier alpha value is -1.41. The summed E-state index contributed by atoms with van der Waals surface area (Å²) in [6.45, 7) is 2.26. The number of carbonyl (C=O) groups excluding carboxylic acids is 1. The number of nitrogens with one attached hydrogen (secondary N) is 2. The Morgan fingerprint density at radius 2 is 2.55 bits per heavy atom. The molecule has 1 amide bonds. The number of carbonyl (C=O) groups is 1. The molecule has 8 heteroatoms. The molecule has 0 saturated carbocycles. The van der Waals surface area contributed by atoms with Crippen LogP contribution in [0.25, 0.3) is 0 Å². The van der Waals surface area contributed by atoms with Crippen molar-refractivity contribution >= 4 is 34.1 Å². The maximum Gasteiger partial charge on any atom is 0.236 e. The first-order chi connectivity index (χ1) is 9.70. The molecule has 0 radical (unpaired) electrons. The van der Waals surface area contributed by atoms with Gasteiger partial charge in [-0.05, 0) is 25.2 Å². The van der Waals surface area contributed by atoms with Crippen LogP contribution in [0, 0.1) is 5.92 Å². The third kappa shape index (κ3) is 3.18. The van der Waals surface area contributed by atoms with Gasteiger partial charge in [0.25, 0.3) is 0 Å². The van der Waals surface area contributed by atoms with Crippen LogP contribution in [0.5, 0.6) is 0 Å². The number of aromatic amines is 1. The second-order valence-electron chi connectivity index (χ2n) is 4.86. The summed E-state index contributed by atoms with van der Waals surface area (Å²) in [4.78, 5) is 21.7. The number of aromatic nitrogens is 4. The summed E-state index contributed by atoms with van der Waals surface area (Å²) in [6.07, 6.45) is 4.72. The maximum atomic E-state index is 11.9. The monoisotopic (exact) mass is 309 g/mol. The zero-order chi connectivity index (χ0) is 13.9. The highest BCUT2D eigenvalue weighted by Crippen LogP contribution is 2.32. The molecule has 2 aromatic rings. The maximum absolute atomic E-state index is 11.9. The number of anilines is 1. The number of thioether (sulfide) groups is 1. The fourth-order valence-electron chi connectivity index (χ4n) is 2.15. The minimum atomic E-state index is -0.0643. The summed E-state index contributed by atoms with van der Waals surface area (Å²) in [6, 6.07) is 0. The zero-order valence-corrected chi connectivity index (χ0v) is 12.7. The summed E-state index contributed by atoms with van der Waals surface area (Å²) in [5.74, 6) is 0.953. The van der Waals surface area contributed by atoms with E-state index in [0.717, 1.165) is 18.5 Å². The number of nitrogens with zero attached hydrogens (tertiary/aromatic N) is 3. The van der Waals surface area contributed by atoms with Gasteiger partial charge in [-0.1, -0.05) is 18.7 Å². The van der Waals surface area contributed by atoms with Crippen LogP contribution in [0.3, 0.4) is 0 Å². The lowest BCUT2D eigenvalue weighted by Gasteiger charge is -2.15. The quantitative estimate of drug-likeness (QED) is 0.845. The summed E-state index contributed by atoms with van der Waals surface area (Å²) < 4.78 is 0. The van der Waals surface area contributed by atoms with Crippen molar-refractivity contribution in [3.8, 4) is 0 Å².